The van der Waals surface area contributed by atoms with Gasteiger partial charge in [0.05, 0.1) is 50.3 Å². The third-order valence-corrected chi connectivity index (χ3v) is 7.05. The van der Waals surface area contributed by atoms with Crippen molar-refractivity contribution in [3.8, 4) is 0 Å². The lowest BCUT2D eigenvalue weighted by Crippen LogP contribution is -2.10. The van der Waals surface area contributed by atoms with Crippen molar-refractivity contribution in [3.05, 3.63) is 94.5 Å². The van der Waals surface area contributed by atoms with Gasteiger partial charge in [-0.15, -0.1) is 0 Å². The van der Waals surface area contributed by atoms with E-state index in [1.165, 1.54) is 6.07 Å². The number of carboxylic acids is 2. The minimum absolute atomic E-state index is 0.0377. The van der Waals surface area contributed by atoms with E-state index in [-0.39, 0.29) is 22.2 Å². The Kier molecular flexibility index (Phi) is 5.66. The third-order valence-electron chi connectivity index (χ3n) is 7.05. The number of benzene rings is 4. The average molecular weight is 519 g/mol. The molecule has 0 amide bonds. The largest absolute Gasteiger partial charge is 0.478 e. The van der Waals surface area contributed by atoms with Crippen molar-refractivity contribution >= 4 is 56.1 Å². The van der Waals surface area contributed by atoms with Gasteiger partial charge in [-0.25, -0.2) is 29.5 Å². The first-order valence-corrected chi connectivity index (χ1v) is 12.3. The summed E-state index contributed by atoms with van der Waals surface area (Å²) in [5.74, 6) is -2.64. The molecule has 2 heterocycles. The number of carboxylic acid groups (broad SMARTS) is 2. The number of nitrogens with zero attached hydrogens (tertiary/aromatic N) is 4. The van der Waals surface area contributed by atoms with Crippen molar-refractivity contribution in [2.45, 2.75) is 25.9 Å². The standard InChI is InChI=1S/C30H22N4O5/c1-14(17-6-3-9-20-25(17)31-22-11-5-8-19(29(36)37)27(22)32-20)16-12-13-23-28(24(16)30(38)39)34-21-10-4-7-18(15(2)35)26(21)33-23/h3-15,35H,1-2H3,(H,36,37)(H,38,39)/t14-,15+/m0/s1. The van der Waals surface area contributed by atoms with Crippen molar-refractivity contribution in [1.29, 1.82) is 0 Å². The highest BCUT2D eigenvalue weighted by Gasteiger charge is 2.24. The zero-order chi connectivity index (χ0) is 27.4. The fourth-order valence-corrected chi connectivity index (χ4v) is 5.15. The number of hydrogen-bond acceptors (Lipinski definition) is 7. The Morgan fingerprint density at radius 1 is 0.590 bits per heavy atom. The van der Waals surface area contributed by atoms with E-state index in [9.17, 15) is 24.9 Å². The second-order valence-electron chi connectivity index (χ2n) is 9.46. The molecule has 39 heavy (non-hydrogen) atoms. The van der Waals surface area contributed by atoms with E-state index in [0.29, 0.717) is 44.2 Å². The van der Waals surface area contributed by atoms with Crippen LogP contribution in [-0.4, -0.2) is 47.2 Å². The van der Waals surface area contributed by atoms with Gasteiger partial charge in [-0.05, 0) is 48.4 Å². The van der Waals surface area contributed by atoms with Gasteiger partial charge in [-0.3, -0.25) is 0 Å². The van der Waals surface area contributed by atoms with E-state index in [0.717, 1.165) is 5.56 Å². The predicted molar refractivity (Wildman–Crippen MR) is 146 cm³/mol. The molecule has 0 bridgehead atoms. The summed E-state index contributed by atoms with van der Waals surface area (Å²) in [6.45, 7) is 3.54. The summed E-state index contributed by atoms with van der Waals surface area (Å²) >= 11 is 0. The molecule has 0 aliphatic heterocycles. The minimum atomic E-state index is -1.13. The van der Waals surface area contributed by atoms with Gasteiger partial charge in [0, 0.05) is 11.5 Å². The van der Waals surface area contributed by atoms with Crippen molar-refractivity contribution in [1.82, 2.24) is 19.9 Å². The van der Waals surface area contributed by atoms with Crippen LogP contribution in [0.3, 0.4) is 0 Å². The van der Waals surface area contributed by atoms with E-state index in [1.54, 1.807) is 61.5 Å². The normalized spacial score (nSPS) is 13.2. The van der Waals surface area contributed by atoms with Gasteiger partial charge in [0.15, 0.2) is 0 Å². The first-order chi connectivity index (χ1) is 18.7. The van der Waals surface area contributed by atoms with Gasteiger partial charge in [0.2, 0.25) is 0 Å². The molecule has 9 nitrogen and oxygen atoms in total. The molecule has 6 rings (SSSR count). The molecule has 9 heteroatoms. The topological polar surface area (TPSA) is 146 Å². The van der Waals surface area contributed by atoms with Gasteiger partial charge in [0.25, 0.3) is 0 Å². The SMILES string of the molecule is C[C@@H](c1ccc2nc3c([C@@H](C)O)cccc3nc2c1C(=O)O)c1cccc2nc3c(C(=O)O)cccc3nc12. The number of carbonyl (C=O) groups is 2. The maximum Gasteiger partial charge on any atom is 0.338 e. The van der Waals surface area contributed by atoms with E-state index in [1.807, 2.05) is 13.0 Å². The second kappa shape index (κ2) is 9.07. The molecule has 0 aliphatic carbocycles. The monoisotopic (exact) mass is 518 g/mol. The molecule has 0 fully saturated rings. The molecule has 0 radical (unpaired) electrons. The predicted octanol–water partition coefficient (Wildman–Crippen LogP) is 5.48. The highest BCUT2D eigenvalue weighted by Crippen LogP contribution is 2.35. The molecule has 2 aromatic heterocycles. The van der Waals surface area contributed by atoms with Crippen LogP contribution in [0.2, 0.25) is 0 Å². The van der Waals surface area contributed by atoms with Crippen LogP contribution in [0.15, 0.2) is 66.7 Å². The maximum atomic E-state index is 12.6. The lowest BCUT2D eigenvalue weighted by atomic mass is 9.88. The van der Waals surface area contributed by atoms with Crippen molar-refractivity contribution in [2.75, 3.05) is 0 Å². The molecular formula is C30H22N4O5. The van der Waals surface area contributed by atoms with E-state index in [4.69, 9.17) is 4.98 Å². The summed E-state index contributed by atoms with van der Waals surface area (Å²) in [5.41, 5.74) is 5.46. The number of aliphatic hydroxyl groups excluding tert-OH is 1. The number of fused-ring (bicyclic) bond motifs is 4. The van der Waals surface area contributed by atoms with Gasteiger partial charge < -0.3 is 15.3 Å². The Labute approximate surface area is 221 Å². The molecule has 3 N–H and O–H groups in total. The fraction of sp³-hybridized carbons (Fsp3) is 0.133. The molecule has 2 atom stereocenters. The smallest absolute Gasteiger partial charge is 0.338 e. The summed E-state index contributed by atoms with van der Waals surface area (Å²) < 4.78 is 0. The van der Waals surface area contributed by atoms with E-state index < -0.39 is 24.0 Å². The number of aliphatic hydroxyl groups is 1. The molecule has 4 aromatic carbocycles. The summed E-state index contributed by atoms with van der Waals surface area (Å²) in [5, 5.41) is 30.1. The molecule has 0 saturated carbocycles. The highest BCUT2D eigenvalue weighted by molar-refractivity contribution is 6.05. The Hall–Kier alpha value is -5.02. The minimum Gasteiger partial charge on any atom is -0.478 e. The van der Waals surface area contributed by atoms with E-state index in [2.05, 4.69) is 15.0 Å². The van der Waals surface area contributed by atoms with Crippen molar-refractivity contribution in [2.24, 2.45) is 0 Å². The van der Waals surface area contributed by atoms with Crippen LogP contribution in [0.4, 0.5) is 0 Å². The lowest BCUT2D eigenvalue weighted by molar-refractivity contribution is 0.0687. The first kappa shape index (κ1) is 24.3. The zero-order valence-electron chi connectivity index (χ0n) is 21.0. The van der Waals surface area contributed by atoms with Crippen molar-refractivity contribution < 1.29 is 24.9 Å². The van der Waals surface area contributed by atoms with Crippen LogP contribution >= 0.6 is 0 Å². The number of rotatable bonds is 5. The van der Waals surface area contributed by atoms with Crippen LogP contribution in [0.25, 0.3) is 44.1 Å². The van der Waals surface area contributed by atoms with Crippen LogP contribution < -0.4 is 0 Å². The summed E-state index contributed by atoms with van der Waals surface area (Å²) in [4.78, 5) is 43.0. The van der Waals surface area contributed by atoms with Crippen LogP contribution in [-0.2, 0) is 0 Å². The zero-order valence-corrected chi connectivity index (χ0v) is 21.0. The molecule has 0 unspecified atom stereocenters. The van der Waals surface area contributed by atoms with E-state index >= 15 is 0 Å². The quantitative estimate of drug-likeness (QED) is 0.252. The van der Waals surface area contributed by atoms with Crippen LogP contribution in [0, 0.1) is 0 Å². The second-order valence-corrected chi connectivity index (χ2v) is 9.46. The summed E-state index contributed by atoms with van der Waals surface area (Å²) in [6.07, 6.45) is -0.756. The molecule has 0 spiro atoms. The molecule has 0 aliphatic rings. The number of hydrogen-bond donors (Lipinski definition) is 3. The lowest BCUT2D eigenvalue weighted by Gasteiger charge is -2.18. The number of para-hydroxylation sites is 3. The average Bonchev–Trinajstić information content (AvgIpc) is 2.92. The Morgan fingerprint density at radius 2 is 1.10 bits per heavy atom. The van der Waals surface area contributed by atoms with Gasteiger partial charge >= 0.3 is 11.9 Å². The molecule has 0 saturated heterocycles. The third kappa shape index (κ3) is 3.91. The fourth-order valence-electron chi connectivity index (χ4n) is 5.15. The Bertz CT molecular complexity index is 1990. The molecule has 192 valence electrons. The Balaban J connectivity index is 1.58. The Morgan fingerprint density at radius 3 is 1.72 bits per heavy atom. The van der Waals surface area contributed by atoms with Gasteiger partial charge in [-0.1, -0.05) is 43.3 Å². The number of aromatic carboxylic acids is 2. The summed E-state index contributed by atoms with van der Waals surface area (Å²) in [6, 6.07) is 19.0. The number of aromatic nitrogens is 4. The van der Waals surface area contributed by atoms with Crippen molar-refractivity contribution in [3.63, 3.8) is 0 Å². The van der Waals surface area contributed by atoms with Gasteiger partial charge in [-0.2, -0.15) is 0 Å². The first-order valence-electron chi connectivity index (χ1n) is 12.3. The van der Waals surface area contributed by atoms with Gasteiger partial charge in [0.1, 0.15) is 11.0 Å². The van der Waals surface area contributed by atoms with Crippen LogP contribution in [0.1, 0.15) is 63.3 Å². The highest BCUT2D eigenvalue weighted by atomic mass is 16.4. The maximum absolute atomic E-state index is 12.6. The van der Waals surface area contributed by atoms with Crippen LogP contribution in [0.5, 0.6) is 0 Å². The summed E-state index contributed by atoms with van der Waals surface area (Å²) in [7, 11) is 0. The molecule has 6 aromatic rings. The molecular weight excluding hydrogens is 496 g/mol.